The summed E-state index contributed by atoms with van der Waals surface area (Å²) in [5.41, 5.74) is 0.618. The Balaban J connectivity index is 1.96. The summed E-state index contributed by atoms with van der Waals surface area (Å²) >= 11 is 1.34. The number of ether oxygens (including phenoxy) is 1. The molecule has 0 aliphatic rings. The first kappa shape index (κ1) is 18.3. The Bertz CT molecular complexity index is 677. The molecule has 1 atom stereocenters. The van der Waals surface area contributed by atoms with Crippen LogP contribution < -0.4 is 10.1 Å². The molecule has 0 aliphatic heterocycles. The minimum absolute atomic E-state index is 0.0680. The van der Waals surface area contributed by atoms with Gasteiger partial charge in [0.25, 0.3) is 0 Å². The molecule has 0 fully saturated rings. The van der Waals surface area contributed by atoms with E-state index in [1.807, 2.05) is 25.1 Å². The van der Waals surface area contributed by atoms with Crippen molar-refractivity contribution in [3.63, 3.8) is 0 Å². The van der Waals surface area contributed by atoms with Crippen LogP contribution in [0, 0.1) is 0 Å². The zero-order valence-corrected chi connectivity index (χ0v) is 15.3. The van der Waals surface area contributed by atoms with E-state index in [0.29, 0.717) is 17.2 Å². The fraction of sp³-hybridized carbons (Fsp3) is 0.444. The highest BCUT2D eigenvalue weighted by molar-refractivity contribution is 7.14. The van der Waals surface area contributed by atoms with Gasteiger partial charge in [0.05, 0.1) is 18.5 Å². The molecule has 0 unspecified atom stereocenters. The lowest BCUT2D eigenvalue weighted by Crippen LogP contribution is -2.19. The predicted octanol–water partition coefficient (Wildman–Crippen LogP) is 4.41. The normalized spacial score (nSPS) is 12.7. The molecule has 2 rings (SSSR count). The van der Waals surface area contributed by atoms with E-state index in [4.69, 9.17) is 4.74 Å². The van der Waals surface area contributed by atoms with Gasteiger partial charge in [-0.1, -0.05) is 20.8 Å². The van der Waals surface area contributed by atoms with Crippen molar-refractivity contribution in [1.82, 2.24) is 4.98 Å². The van der Waals surface area contributed by atoms with Crippen LogP contribution in [0.2, 0.25) is 0 Å². The third-order valence-electron chi connectivity index (χ3n) is 3.52. The second kappa shape index (κ2) is 7.66. The number of thiophene rings is 1. The smallest absolute Gasteiger partial charge is 0.348 e. The van der Waals surface area contributed by atoms with E-state index in [1.54, 1.807) is 12.4 Å². The van der Waals surface area contributed by atoms with Crippen LogP contribution >= 0.6 is 11.3 Å². The number of carboxylic acids is 1. The molecular formula is C18H24N2O3S. The van der Waals surface area contributed by atoms with E-state index in [2.05, 4.69) is 31.1 Å². The van der Waals surface area contributed by atoms with Gasteiger partial charge in [0.15, 0.2) is 0 Å². The van der Waals surface area contributed by atoms with Gasteiger partial charge in [0.2, 0.25) is 0 Å². The number of carbonyl (C=O) groups is 1. The van der Waals surface area contributed by atoms with Crippen LogP contribution in [-0.2, 0) is 5.41 Å². The fourth-order valence-electron chi connectivity index (χ4n) is 2.15. The van der Waals surface area contributed by atoms with Crippen LogP contribution in [0.5, 0.6) is 5.75 Å². The molecule has 24 heavy (non-hydrogen) atoms. The van der Waals surface area contributed by atoms with Gasteiger partial charge < -0.3 is 15.2 Å². The van der Waals surface area contributed by atoms with Gasteiger partial charge in [0, 0.05) is 23.5 Å². The maximum absolute atomic E-state index is 11.5. The van der Waals surface area contributed by atoms with E-state index in [0.717, 1.165) is 17.0 Å². The largest absolute Gasteiger partial charge is 0.492 e. The highest BCUT2D eigenvalue weighted by atomic mass is 32.1. The van der Waals surface area contributed by atoms with Gasteiger partial charge in [0.1, 0.15) is 10.6 Å². The maximum Gasteiger partial charge on any atom is 0.348 e. The summed E-state index contributed by atoms with van der Waals surface area (Å²) in [6, 6.07) is 5.74. The Hall–Kier alpha value is -2.08. The predicted molar refractivity (Wildman–Crippen MR) is 97.4 cm³/mol. The molecule has 2 aromatic heterocycles. The van der Waals surface area contributed by atoms with E-state index >= 15 is 0 Å². The molecule has 0 saturated carbocycles. The van der Waals surface area contributed by atoms with Crippen molar-refractivity contribution in [2.75, 3.05) is 11.9 Å². The molecule has 5 nitrogen and oxygen atoms in total. The number of aromatic nitrogens is 1. The van der Waals surface area contributed by atoms with Gasteiger partial charge in [-0.15, -0.1) is 11.3 Å². The second-order valence-corrected chi connectivity index (χ2v) is 7.83. The summed E-state index contributed by atoms with van der Waals surface area (Å²) in [5.74, 6) is -0.154. The summed E-state index contributed by atoms with van der Waals surface area (Å²) in [6.07, 6.45) is 4.14. The average molecular weight is 348 g/mol. The van der Waals surface area contributed by atoms with Crippen LogP contribution in [-0.4, -0.2) is 28.7 Å². The maximum atomic E-state index is 11.5. The van der Waals surface area contributed by atoms with Gasteiger partial charge in [-0.05, 0) is 30.5 Å². The van der Waals surface area contributed by atoms with Crippen molar-refractivity contribution in [2.45, 2.75) is 45.6 Å². The zero-order chi connectivity index (χ0) is 17.7. The van der Waals surface area contributed by atoms with Crippen LogP contribution in [0.4, 0.5) is 5.69 Å². The number of hydrogen-bond acceptors (Lipinski definition) is 5. The Morgan fingerprint density at radius 2 is 2.21 bits per heavy atom. The summed E-state index contributed by atoms with van der Waals surface area (Å²) in [5, 5.41) is 12.7. The van der Waals surface area contributed by atoms with E-state index in [1.165, 1.54) is 11.3 Å². The highest BCUT2D eigenvalue weighted by Gasteiger charge is 2.23. The first-order valence-electron chi connectivity index (χ1n) is 7.94. The Morgan fingerprint density at radius 1 is 1.46 bits per heavy atom. The summed E-state index contributed by atoms with van der Waals surface area (Å²) in [6.45, 7) is 8.81. The van der Waals surface area contributed by atoms with Crippen molar-refractivity contribution in [1.29, 1.82) is 0 Å². The number of anilines is 1. The molecule has 2 N–H and O–H groups in total. The molecule has 0 bridgehead atoms. The van der Waals surface area contributed by atoms with Crippen molar-refractivity contribution in [3.8, 4) is 5.75 Å². The van der Waals surface area contributed by atoms with E-state index in [9.17, 15) is 9.90 Å². The lowest BCUT2D eigenvalue weighted by atomic mass is 9.94. The molecule has 0 spiro atoms. The summed E-state index contributed by atoms with van der Waals surface area (Å²) < 4.78 is 5.64. The molecule has 6 heteroatoms. The van der Waals surface area contributed by atoms with Gasteiger partial charge >= 0.3 is 5.97 Å². The van der Waals surface area contributed by atoms with Crippen molar-refractivity contribution < 1.29 is 14.6 Å². The molecular weight excluding hydrogens is 324 g/mol. The standard InChI is InChI=1S/C18H24N2O3S/c1-12(7-9-23-13-6-5-8-19-11-13)20-14-10-15(18(2,3)4)24-16(14)17(21)22/h5-6,8,10-12,20H,7,9H2,1-4H3,(H,21,22)/t12-/m0/s1. The van der Waals surface area contributed by atoms with Gasteiger partial charge in [-0.3, -0.25) is 4.98 Å². The molecule has 0 amide bonds. The second-order valence-electron chi connectivity index (χ2n) is 6.78. The van der Waals surface area contributed by atoms with E-state index < -0.39 is 5.97 Å². The first-order chi connectivity index (χ1) is 11.3. The van der Waals surface area contributed by atoms with Gasteiger partial charge in [-0.2, -0.15) is 0 Å². The van der Waals surface area contributed by atoms with Crippen molar-refractivity contribution >= 4 is 23.0 Å². The molecule has 130 valence electrons. The van der Waals surface area contributed by atoms with Crippen LogP contribution in [0.25, 0.3) is 0 Å². The van der Waals surface area contributed by atoms with Gasteiger partial charge in [-0.25, -0.2) is 4.79 Å². The van der Waals surface area contributed by atoms with Crippen LogP contribution in [0.1, 0.15) is 48.7 Å². The number of pyridine rings is 1. The SMILES string of the molecule is C[C@@H](CCOc1cccnc1)Nc1cc(C(C)(C)C)sc1C(=O)O. The van der Waals surface area contributed by atoms with Crippen molar-refractivity contribution in [2.24, 2.45) is 0 Å². The average Bonchev–Trinajstić information content (AvgIpc) is 2.92. The number of rotatable bonds is 7. The highest BCUT2D eigenvalue weighted by Crippen LogP contribution is 2.35. The molecule has 2 heterocycles. The minimum atomic E-state index is -0.892. The molecule has 0 aliphatic carbocycles. The molecule has 0 radical (unpaired) electrons. The topological polar surface area (TPSA) is 71.5 Å². The lowest BCUT2D eigenvalue weighted by molar-refractivity contribution is 0.0703. The minimum Gasteiger partial charge on any atom is -0.492 e. The fourth-order valence-corrected chi connectivity index (χ4v) is 3.17. The monoisotopic (exact) mass is 348 g/mol. The molecule has 0 aromatic carbocycles. The third kappa shape index (κ3) is 4.96. The first-order valence-corrected chi connectivity index (χ1v) is 8.76. The van der Waals surface area contributed by atoms with Crippen LogP contribution in [0.3, 0.4) is 0 Å². The summed E-state index contributed by atoms with van der Waals surface area (Å²) in [7, 11) is 0. The van der Waals surface area contributed by atoms with Crippen molar-refractivity contribution in [3.05, 3.63) is 40.3 Å². The zero-order valence-electron chi connectivity index (χ0n) is 14.5. The Labute approximate surface area is 146 Å². The lowest BCUT2D eigenvalue weighted by Gasteiger charge is -2.16. The number of hydrogen-bond donors (Lipinski definition) is 2. The number of nitrogens with one attached hydrogen (secondary N) is 1. The number of carboxylic acid groups (broad SMARTS) is 1. The van der Waals surface area contributed by atoms with E-state index in [-0.39, 0.29) is 11.5 Å². The third-order valence-corrected chi connectivity index (χ3v) is 5.07. The molecule has 0 saturated heterocycles. The van der Waals surface area contributed by atoms with Crippen LogP contribution in [0.15, 0.2) is 30.6 Å². The summed E-state index contributed by atoms with van der Waals surface area (Å²) in [4.78, 5) is 16.9. The quantitative estimate of drug-likeness (QED) is 0.775. The molecule has 2 aromatic rings. The Morgan fingerprint density at radius 3 is 2.79 bits per heavy atom. The Kier molecular flexibility index (Phi) is 5.83. The number of nitrogens with zero attached hydrogens (tertiary/aromatic N) is 1. The number of aromatic carboxylic acids is 1.